The van der Waals surface area contributed by atoms with Gasteiger partial charge in [-0.1, -0.05) is 30.3 Å². The third-order valence-corrected chi connectivity index (χ3v) is 4.93. The van der Waals surface area contributed by atoms with Gasteiger partial charge in [0.15, 0.2) is 0 Å². The molecule has 0 spiro atoms. The molecule has 4 rings (SSSR count). The van der Waals surface area contributed by atoms with E-state index in [1.807, 2.05) is 48.1 Å². The maximum atomic E-state index is 5.24. The van der Waals surface area contributed by atoms with Crippen LogP contribution in [0.2, 0.25) is 0 Å². The van der Waals surface area contributed by atoms with Crippen LogP contribution in [0.3, 0.4) is 0 Å². The molecule has 0 saturated carbocycles. The molecule has 2 aromatic carbocycles. The molecule has 0 saturated heterocycles. The van der Waals surface area contributed by atoms with E-state index < -0.39 is 0 Å². The van der Waals surface area contributed by atoms with Crippen molar-refractivity contribution in [1.82, 2.24) is 24.7 Å². The van der Waals surface area contributed by atoms with E-state index in [0.717, 1.165) is 22.5 Å². The van der Waals surface area contributed by atoms with E-state index in [1.54, 1.807) is 10.9 Å². The molecule has 0 amide bonds. The number of rotatable bonds is 4. The second-order valence-electron chi connectivity index (χ2n) is 6.64. The highest BCUT2D eigenvalue weighted by atomic mass is 32.1. The number of aromatic nitrogens is 5. The average molecular weight is 389 g/mol. The average Bonchev–Trinajstić information content (AvgIpc) is 3.27. The van der Waals surface area contributed by atoms with Gasteiger partial charge in [0.25, 0.3) is 0 Å². The summed E-state index contributed by atoms with van der Waals surface area (Å²) in [4.78, 5) is 0. The van der Waals surface area contributed by atoms with Crippen molar-refractivity contribution in [2.75, 3.05) is 0 Å². The fourth-order valence-corrected chi connectivity index (χ4v) is 3.16. The number of hydrogen-bond acceptors (Lipinski definition) is 4. The van der Waals surface area contributed by atoms with Gasteiger partial charge in [-0.25, -0.2) is 4.68 Å². The molecule has 0 radical (unpaired) electrons. The number of H-pyrrole nitrogens is 1. The highest BCUT2D eigenvalue weighted by molar-refractivity contribution is 7.71. The van der Waals surface area contributed by atoms with Gasteiger partial charge in [0.05, 0.1) is 11.9 Å². The lowest BCUT2D eigenvalue weighted by Crippen LogP contribution is -1.94. The highest BCUT2D eigenvalue weighted by Crippen LogP contribution is 2.25. The van der Waals surface area contributed by atoms with E-state index in [2.05, 4.69) is 47.3 Å². The zero-order valence-corrected chi connectivity index (χ0v) is 16.7. The summed E-state index contributed by atoms with van der Waals surface area (Å²) >= 11 is 5.24. The van der Waals surface area contributed by atoms with Gasteiger partial charge >= 0.3 is 0 Å². The summed E-state index contributed by atoms with van der Waals surface area (Å²) in [5, 5.41) is 16.2. The standard InChI is InChI=1S/C21H20N6S/c1-14-9-10-17(11-15(14)2)20-18(12-22-27-16(3)23-24-21(27)28)13-26(25-20)19-7-5-4-6-8-19/h4-13H,1-3H3,(H,24,28)/b22-12-. The minimum atomic E-state index is 0.455. The maximum absolute atomic E-state index is 5.24. The molecule has 2 heterocycles. The summed E-state index contributed by atoms with van der Waals surface area (Å²) in [5.74, 6) is 0.699. The van der Waals surface area contributed by atoms with Gasteiger partial charge in [-0.2, -0.15) is 20.0 Å². The summed E-state index contributed by atoms with van der Waals surface area (Å²) in [6.07, 6.45) is 3.75. The van der Waals surface area contributed by atoms with Crippen molar-refractivity contribution in [1.29, 1.82) is 0 Å². The smallest absolute Gasteiger partial charge is 0.216 e. The van der Waals surface area contributed by atoms with E-state index in [1.165, 1.54) is 11.1 Å². The van der Waals surface area contributed by atoms with Gasteiger partial charge in [-0.15, -0.1) is 0 Å². The molecule has 28 heavy (non-hydrogen) atoms. The Morgan fingerprint density at radius 3 is 2.50 bits per heavy atom. The molecular weight excluding hydrogens is 368 g/mol. The molecule has 0 aliphatic carbocycles. The molecule has 4 aromatic rings. The first-order valence-corrected chi connectivity index (χ1v) is 9.35. The van der Waals surface area contributed by atoms with Gasteiger partial charge in [0.1, 0.15) is 11.5 Å². The summed E-state index contributed by atoms with van der Waals surface area (Å²) in [6, 6.07) is 16.4. The largest absolute Gasteiger partial charge is 0.250 e. The second kappa shape index (κ2) is 7.36. The van der Waals surface area contributed by atoms with Crippen LogP contribution in [0.4, 0.5) is 0 Å². The zero-order valence-electron chi connectivity index (χ0n) is 15.9. The van der Waals surface area contributed by atoms with Crippen LogP contribution in [0.15, 0.2) is 59.8 Å². The molecule has 140 valence electrons. The number of nitrogens with zero attached hydrogens (tertiary/aromatic N) is 5. The lowest BCUT2D eigenvalue weighted by Gasteiger charge is -2.04. The van der Waals surface area contributed by atoms with Crippen LogP contribution in [0.25, 0.3) is 16.9 Å². The van der Waals surface area contributed by atoms with Crippen molar-refractivity contribution < 1.29 is 0 Å². The Labute approximate surface area is 168 Å². The van der Waals surface area contributed by atoms with E-state index >= 15 is 0 Å². The van der Waals surface area contributed by atoms with Crippen molar-refractivity contribution in [3.05, 3.63) is 82.0 Å². The molecule has 0 fully saturated rings. The fraction of sp³-hybridized carbons (Fsp3) is 0.143. The number of para-hydroxylation sites is 1. The molecule has 0 unspecified atom stereocenters. The van der Waals surface area contributed by atoms with Crippen molar-refractivity contribution in [2.45, 2.75) is 20.8 Å². The van der Waals surface area contributed by atoms with Gasteiger partial charge < -0.3 is 0 Å². The van der Waals surface area contributed by atoms with Crippen LogP contribution in [-0.4, -0.2) is 30.9 Å². The quantitative estimate of drug-likeness (QED) is 0.410. The van der Waals surface area contributed by atoms with Crippen LogP contribution >= 0.6 is 12.2 Å². The van der Waals surface area contributed by atoms with Crippen LogP contribution in [-0.2, 0) is 0 Å². The van der Waals surface area contributed by atoms with E-state index in [-0.39, 0.29) is 0 Å². The zero-order chi connectivity index (χ0) is 19.7. The van der Waals surface area contributed by atoms with Gasteiger partial charge in [-0.3, -0.25) is 5.10 Å². The number of nitrogens with one attached hydrogen (secondary N) is 1. The Bertz CT molecular complexity index is 1210. The Balaban J connectivity index is 1.84. The number of benzene rings is 2. The Morgan fingerprint density at radius 1 is 1.04 bits per heavy atom. The molecular formula is C21H20N6S. The Morgan fingerprint density at radius 2 is 1.82 bits per heavy atom. The first-order chi connectivity index (χ1) is 13.5. The predicted molar refractivity (Wildman–Crippen MR) is 114 cm³/mol. The molecule has 2 aromatic heterocycles. The lowest BCUT2D eigenvalue weighted by molar-refractivity contribution is 0.821. The summed E-state index contributed by atoms with van der Waals surface area (Å²) in [7, 11) is 0. The van der Waals surface area contributed by atoms with Crippen LogP contribution < -0.4 is 0 Å². The van der Waals surface area contributed by atoms with Crippen molar-refractivity contribution in [2.24, 2.45) is 5.10 Å². The third-order valence-electron chi connectivity index (χ3n) is 4.67. The normalized spacial score (nSPS) is 11.4. The minimum absolute atomic E-state index is 0.455. The topological polar surface area (TPSA) is 63.8 Å². The molecule has 7 heteroatoms. The first-order valence-electron chi connectivity index (χ1n) is 8.94. The Hall–Kier alpha value is -3.32. The Kier molecular flexibility index (Phi) is 4.75. The highest BCUT2D eigenvalue weighted by Gasteiger charge is 2.12. The van der Waals surface area contributed by atoms with Gasteiger partial charge in [-0.05, 0) is 62.3 Å². The summed E-state index contributed by atoms with van der Waals surface area (Å²) in [6.45, 7) is 6.06. The van der Waals surface area contributed by atoms with Crippen LogP contribution in [0.5, 0.6) is 0 Å². The minimum Gasteiger partial charge on any atom is -0.250 e. The van der Waals surface area contributed by atoms with Crippen LogP contribution in [0, 0.1) is 25.5 Å². The number of hydrogen-bond donors (Lipinski definition) is 1. The van der Waals surface area contributed by atoms with Crippen molar-refractivity contribution >= 4 is 18.4 Å². The van der Waals surface area contributed by atoms with Crippen LogP contribution in [0.1, 0.15) is 22.5 Å². The van der Waals surface area contributed by atoms with E-state index in [9.17, 15) is 0 Å². The maximum Gasteiger partial charge on any atom is 0.216 e. The monoisotopic (exact) mass is 388 g/mol. The molecule has 6 nitrogen and oxygen atoms in total. The SMILES string of the molecule is Cc1ccc(-c2nn(-c3ccccc3)cc2/C=N\n2c(C)n[nH]c2=S)cc1C. The van der Waals surface area contributed by atoms with Gasteiger partial charge in [0, 0.05) is 17.3 Å². The van der Waals surface area contributed by atoms with Gasteiger partial charge in [0.2, 0.25) is 4.77 Å². The molecule has 0 atom stereocenters. The fourth-order valence-electron chi connectivity index (χ4n) is 2.93. The molecule has 1 N–H and O–H groups in total. The molecule has 0 aliphatic heterocycles. The molecule has 0 bridgehead atoms. The third kappa shape index (κ3) is 3.44. The second-order valence-corrected chi connectivity index (χ2v) is 7.03. The first kappa shape index (κ1) is 18.1. The molecule has 0 aliphatic rings. The summed E-state index contributed by atoms with van der Waals surface area (Å²) in [5.41, 5.74) is 6.28. The summed E-state index contributed by atoms with van der Waals surface area (Å²) < 4.78 is 3.92. The van der Waals surface area contributed by atoms with E-state index in [4.69, 9.17) is 17.3 Å². The number of aromatic amines is 1. The van der Waals surface area contributed by atoms with Crippen molar-refractivity contribution in [3.63, 3.8) is 0 Å². The predicted octanol–water partition coefficient (Wildman–Crippen LogP) is 4.60. The number of aryl methyl sites for hydroxylation is 3. The van der Waals surface area contributed by atoms with E-state index in [0.29, 0.717) is 10.6 Å². The lowest BCUT2D eigenvalue weighted by atomic mass is 10.0. The van der Waals surface area contributed by atoms with Crippen molar-refractivity contribution in [3.8, 4) is 16.9 Å².